The van der Waals surface area contributed by atoms with Gasteiger partial charge in [0.25, 0.3) is 0 Å². The van der Waals surface area contributed by atoms with Gasteiger partial charge in [0.15, 0.2) is 0 Å². The zero-order valence-corrected chi connectivity index (χ0v) is 21.1. The molecular weight excluding hydrogens is 478 g/mol. The summed E-state index contributed by atoms with van der Waals surface area (Å²) in [6, 6.07) is 13.1. The number of hydrogen-bond acceptors (Lipinski definition) is 6. The summed E-state index contributed by atoms with van der Waals surface area (Å²) in [4.78, 5) is 18.6. The van der Waals surface area contributed by atoms with Gasteiger partial charge in [0.2, 0.25) is 0 Å². The first-order valence-electron chi connectivity index (χ1n) is 11.2. The van der Waals surface area contributed by atoms with Crippen LogP contribution in [0.5, 0.6) is 5.75 Å². The molecule has 1 aromatic heterocycles. The third-order valence-corrected chi connectivity index (χ3v) is 6.95. The average molecular weight is 506 g/mol. The number of aliphatic imine (C=N–C) groups is 1. The van der Waals surface area contributed by atoms with E-state index in [1.165, 1.54) is 22.4 Å². The number of aromatic nitrogens is 2. The molecule has 0 saturated heterocycles. The van der Waals surface area contributed by atoms with Gasteiger partial charge >= 0.3 is 0 Å². The molecule has 0 fully saturated rings. The molecule has 0 N–H and O–H groups in total. The van der Waals surface area contributed by atoms with E-state index in [0.29, 0.717) is 13.2 Å². The number of anilines is 1. The predicted octanol–water partition coefficient (Wildman–Crippen LogP) is 5.32. The summed E-state index contributed by atoms with van der Waals surface area (Å²) in [5.41, 5.74) is 8.02. The predicted molar refractivity (Wildman–Crippen MR) is 137 cm³/mol. The van der Waals surface area contributed by atoms with Crippen molar-refractivity contribution in [1.29, 1.82) is 0 Å². The lowest BCUT2D eigenvalue weighted by molar-refractivity contribution is 0.331. The molecule has 0 spiro atoms. The number of benzene rings is 2. The van der Waals surface area contributed by atoms with Crippen LogP contribution in [0.25, 0.3) is 11.1 Å². The van der Waals surface area contributed by atoms with Gasteiger partial charge in [0.05, 0.1) is 28.9 Å². The van der Waals surface area contributed by atoms with Crippen molar-refractivity contribution in [3.63, 3.8) is 0 Å². The molecule has 33 heavy (non-hydrogen) atoms. The molecule has 0 bridgehead atoms. The first kappa shape index (κ1) is 22.0. The smallest absolute Gasteiger partial charge is 0.147 e. The van der Waals surface area contributed by atoms with Gasteiger partial charge in [-0.15, -0.1) is 0 Å². The summed E-state index contributed by atoms with van der Waals surface area (Å²) in [6.07, 6.45) is 0.950. The largest absolute Gasteiger partial charge is 0.491 e. The minimum Gasteiger partial charge on any atom is -0.491 e. The number of halogens is 1. The highest BCUT2D eigenvalue weighted by Gasteiger charge is 2.22. The van der Waals surface area contributed by atoms with E-state index in [1.54, 1.807) is 0 Å². The van der Waals surface area contributed by atoms with E-state index in [-0.39, 0.29) is 0 Å². The normalized spacial score (nSPS) is 15.1. The first-order chi connectivity index (χ1) is 15.9. The van der Waals surface area contributed by atoms with Crippen LogP contribution in [-0.2, 0) is 19.5 Å². The van der Waals surface area contributed by atoms with E-state index >= 15 is 0 Å². The van der Waals surface area contributed by atoms with Gasteiger partial charge in [-0.1, -0.05) is 18.2 Å². The zero-order valence-electron chi connectivity index (χ0n) is 19.5. The molecule has 2 aliphatic heterocycles. The number of hydrogen-bond donors (Lipinski definition) is 0. The van der Waals surface area contributed by atoms with Crippen molar-refractivity contribution in [3.05, 3.63) is 63.5 Å². The molecule has 2 aliphatic rings. The average Bonchev–Trinajstić information content (AvgIpc) is 3.01. The van der Waals surface area contributed by atoms with Crippen LogP contribution in [0.4, 0.5) is 11.5 Å². The summed E-state index contributed by atoms with van der Waals surface area (Å²) < 4.78 is 7.05. The minimum atomic E-state index is 0.609. The van der Waals surface area contributed by atoms with Crippen molar-refractivity contribution in [1.82, 2.24) is 14.9 Å². The molecule has 0 saturated carbocycles. The van der Waals surface area contributed by atoms with Crippen LogP contribution in [-0.4, -0.2) is 47.8 Å². The lowest BCUT2D eigenvalue weighted by Gasteiger charge is -2.24. The molecular formula is C26H28BrN5O. The van der Waals surface area contributed by atoms with E-state index in [9.17, 15) is 0 Å². The van der Waals surface area contributed by atoms with Crippen molar-refractivity contribution in [3.8, 4) is 16.9 Å². The number of aryl methyl sites for hydroxylation is 1. The Kier molecular flexibility index (Phi) is 5.93. The topological polar surface area (TPSA) is 53.9 Å². The second-order valence-corrected chi connectivity index (χ2v) is 9.85. The van der Waals surface area contributed by atoms with Crippen LogP contribution in [0.3, 0.4) is 0 Å². The third-order valence-electron chi connectivity index (χ3n) is 6.02. The second kappa shape index (κ2) is 8.88. The molecule has 5 rings (SSSR count). The Bertz CT molecular complexity index is 1250. The highest BCUT2D eigenvalue weighted by molar-refractivity contribution is 9.10. The Hall–Kier alpha value is -2.77. The molecule has 3 heterocycles. The summed E-state index contributed by atoms with van der Waals surface area (Å²) >= 11 is 3.73. The van der Waals surface area contributed by atoms with Crippen LogP contribution in [0.15, 0.2) is 45.9 Å². The molecule has 0 radical (unpaired) electrons. The highest BCUT2D eigenvalue weighted by Crippen LogP contribution is 2.36. The maximum absolute atomic E-state index is 6.11. The van der Waals surface area contributed by atoms with Crippen molar-refractivity contribution >= 4 is 33.1 Å². The fourth-order valence-corrected chi connectivity index (χ4v) is 4.86. The maximum atomic E-state index is 6.11. The van der Waals surface area contributed by atoms with Crippen LogP contribution in [0.1, 0.15) is 29.6 Å². The van der Waals surface area contributed by atoms with Crippen LogP contribution in [0.2, 0.25) is 0 Å². The quantitative estimate of drug-likeness (QED) is 0.479. The third kappa shape index (κ3) is 4.52. The molecule has 6 nitrogen and oxygen atoms in total. The van der Waals surface area contributed by atoms with Crippen molar-refractivity contribution in [2.45, 2.75) is 33.4 Å². The summed E-state index contributed by atoms with van der Waals surface area (Å²) in [5.74, 6) is 2.68. The first-order valence-corrected chi connectivity index (χ1v) is 12.0. The lowest BCUT2D eigenvalue weighted by Crippen LogP contribution is -2.28. The summed E-state index contributed by atoms with van der Waals surface area (Å²) in [7, 11) is 4.06. The van der Waals surface area contributed by atoms with E-state index in [2.05, 4.69) is 74.0 Å². The fourth-order valence-electron chi connectivity index (χ4n) is 4.44. The number of ether oxygens (including phenoxy) is 1. The van der Waals surface area contributed by atoms with Crippen LogP contribution < -0.4 is 9.64 Å². The Balaban J connectivity index is 1.48. The fraction of sp³-hybridized carbons (Fsp3) is 0.346. The standard InChI is InChI=1S/C26H28BrN5O/c1-16-11-20-6-5-19(13-22(20)28-16)18-7-8-23-21(12-18)14-32(9-10-33-23)26-25(27)17(2)29-24(30-26)15-31(3)4/h5-8,12-13H,9-11,14-15H2,1-4H3. The monoisotopic (exact) mass is 505 g/mol. The van der Waals surface area contributed by atoms with Crippen molar-refractivity contribution in [2.75, 3.05) is 32.1 Å². The minimum absolute atomic E-state index is 0.609. The van der Waals surface area contributed by atoms with Gasteiger partial charge in [-0.05, 0) is 78.8 Å². The summed E-state index contributed by atoms with van der Waals surface area (Å²) in [6.45, 7) is 6.90. The zero-order chi connectivity index (χ0) is 23.1. The molecule has 7 heteroatoms. The van der Waals surface area contributed by atoms with Gasteiger partial charge in [0, 0.05) is 24.2 Å². The van der Waals surface area contributed by atoms with Crippen LogP contribution >= 0.6 is 15.9 Å². The molecule has 0 unspecified atom stereocenters. The molecule has 0 amide bonds. The van der Waals surface area contributed by atoms with E-state index < -0.39 is 0 Å². The maximum Gasteiger partial charge on any atom is 0.147 e. The Labute approximate surface area is 203 Å². The lowest BCUT2D eigenvalue weighted by atomic mass is 9.99. The summed E-state index contributed by atoms with van der Waals surface area (Å²) in [5, 5.41) is 0. The number of nitrogens with zero attached hydrogens (tertiary/aromatic N) is 5. The van der Waals surface area contributed by atoms with E-state index in [0.717, 1.165) is 58.3 Å². The van der Waals surface area contributed by atoms with Crippen molar-refractivity contribution < 1.29 is 4.74 Å². The van der Waals surface area contributed by atoms with Crippen LogP contribution in [0, 0.1) is 6.92 Å². The SMILES string of the molecule is CC1=Nc2cc(-c3ccc4c(c3)CN(c3nc(CN(C)C)nc(C)c3Br)CCO4)ccc2C1. The highest BCUT2D eigenvalue weighted by atomic mass is 79.9. The van der Waals surface area contributed by atoms with Gasteiger partial charge in [-0.3, -0.25) is 4.99 Å². The number of rotatable bonds is 4. The van der Waals surface area contributed by atoms with E-state index in [1.807, 2.05) is 21.0 Å². The van der Waals surface area contributed by atoms with E-state index in [4.69, 9.17) is 14.7 Å². The Morgan fingerprint density at radius 1 is 1.03 bits per heavy atom. The molecule has 3 aromatic rings. The van der Waals surface area contributed by atoms with Gasteiger partial charge < -0.3 is 14.5 Å². The molecule has 2 aromatic carbocycles. The molecule has 0 aliphatic carbocycles. The Morgan fingerprint density at radius 2 is 1.82 bits per heavy atom. The van der Waals surface area contributed by atoms with Crippen molar-refractivity contribution in [2.24, 2.45) is 4.99 Å². The molecule has 170 valence electrons. The van der Waals surface area contributed by atoms with Gasteiger partial charge in [0.1, 0.15) is 24.0 Å². The molecule has 0 atom stereocenters. The number of fused-ring (bicyclic) bond motifs is 2. The van der Waals surface area contributed by atoms with Gasteiger partial charge in [-0.2, -0.15) is 0 Å². The van der Waals surface area contributed by atoms with Gasteiger partial charge in [-0.25, -0.2) is 9.97 Å². The Morgan fingerprint density at radius 3 is 2.64 bits per heavy atom. The second-order valence-electron chi connectivity index (χ2n) is 9.06.